The van der Waals surface area contributed by atoms with Gasteiger partial charge < -0.3 is 5.11 Å². The van der Waals surface area contributed by atoms with E-state index < -0.39 is 38.9 Å². The van der Waals surface area contributed by atoms with Crippen LogP contribution in [-0.2, 0) is 14.8 Å². The second-order valence-electron chi connectivity index (χ2n) is 3.55. The summed E-state index contributed by atoms with van der Waals surface area (Å²) in [6.45, 7) is -0.326. The molecule has 0 saturated carbocycles. The second-order valence-corrected chi connectivity index (χ2v) is 5.56. The van der Waals surface area contributed by atoms with Gasteiger partial charge in [0, 0.05) is 13.6 Å². The van der Waals surface area contributed by atoms with E-state index in [1.165, 1.54) is 0 Å². The zero-order valence-corrected chi connectivity index (χ0v) is 10.2. The van der Waals surface area contributed by atoms with E-state index in [1.54, 1.807) is 0 Å². The average Bonchev–Trinajstić information content (AvgIpc) is 2.28. The molecule has 18 heavy (non-hydrogen) atoms. The molecule has 0 saturated heterocycles. The van der Waals surface area contributed by atoms with Gasteiger partial charge >= 0.3 is 5.97 Å². The van der Waals surface area contributed by atoms with Crippen LogP contribution in [-0.4, -0.2) is 37.4 Å². The van der Waals surface area contributed by atoms with Crippen LogP contribution in [0.25, 0.3) is 0 Å². The van der Waals surface area contributed by atoms with Gasteiger partial charge in [-0.15, -0.1) is 0 Å². The molecule has 8 heteroatoms. The molecule has 0 amide bonds. The zero-order chi connectivity index (χ0) is 13.9. The Labute approximate surface area is 103 Å². The lowest BCUT2D eigenvalue weighted by Crippen LogP contribution is -2.30. The Morgan fingerprint density at radius 3 is 2.56 bits per heavy atom. The third-order valence-electron chi connectivity index (χ3n) is 2.22. The summed E-state index contributed by atoms with van der Waals surface area (Å²) in [6.07, 6.45) is -0.424. The molecule has 0 bridgehead atoms. The average molecular weight is 279 g/mol. The fraction of sp³-hybridized carbons (Fsp3) is 0.300. The quantitative estimate of drug-likeness (QED) is 0.874. The Bertz CT molecular complexity index is 559. The normalized spacial score (nSPS) is 11.8. The van der Waals surface area contributed by atoms with E-state index in [4.69, 9.17) is 5.11 Å². The van der Waals surface area contributed by atoms with Crippen LogP contribution in [0.5, 0.6) is 0 Å². The molecule has 1 aromatic rings. The number of hydrogen-bond donors (Lipinski definition) is 1. The molecule has 0 aromatic heterocycles. The van der Waals surface area contributed by atoms with Gasteiger partial charge in [0.1, 0.15) is 16.5 Å². The lowest BCUT2D eigenvalue weighted by Gasteiger charge is -2.16. The number of nitrogens with zero attached hydrogens (tertiary/aromatic N) is 1. The SMILES string of the molecule is CN(CCC(=O)O)S(=O)(=O)c1cc(F)ccc1F. The Morgan fingerprint density at radius 1 is 1.39 bits per heavy atom. The molecule has 1 rings (SSSR count). The molecule has 0 atom stereocenters. The number of aliphatic carboxylic acids is 1. The first-order valence-electron chi connectivity index (χ1n) is 4.88. The molecule has 1 N–H and O–H groups in total. The molecule has 0 unspecified atom stereocenters. The molecule has 5 nitrogen and oxygen atoms in total. The number of halogens is 2. The number of carboxylic acids is 1. The van der Waals surface area contributed by atoms with E-state index in [2.05, 4.69) is 0 Å². The topological polar surface area (TPSA) is 74.7 Å². The number of sulfonamides is 1. The Kier molecular flexibility index (Phi) is 4.36. The van der Waals surface area contributed by atoms with Crippen molar-refractivity contribution in [1.82, 2.24) is 4.31 Å². The summed E-state index contributed by atoms with van der Waals surface area (Å²) in [5, 5.41) is 8.44. The lowest BCUT2D eigenvalue weighted by atomic mass is 10.3. The van der Waals surface area contributed by atoms with Gasteiger partial charge in [-0.1, -0.05) is 0 Å². The molecular weight excluding hydrogens is 268 g/mol. The van der Waals surface area contributed by atoms with Gasteiger partial charge in [0.25, 0.3) is 0 Å². The van der Waals surface area contributed by atoms with E-state index >= 15 is 0 Å². The zero-order valence-electron chi connectivity index (χ0n) is 9.43. The monoisotopic (exact) mass is 279 g/mol. The van der Waals surface area contributed by atoms with Crippen LogP contribution in [0.2, 0.25) is 0 Å². The summed E-state index contributed by atoms with van der Waals surface area (Å²) in [5.74, 6) is -3.16. The van der Waals surface area contributed by atoms with Crippen molar-refractivity contribution in [2.75, 3.05) is 13.6 Å². The number of rotatable bonds is 5. The predicted molar refractivity (Wildman–Crippen MR) is 58.4 cm³/mol. The van der Waals surface area contributed by atoms with Crippen molar-refractivity contribution in [2.45, 2.75) is 11.3 Å². The third-order valence-corrected chi connectivity index (χ3v) is 4.09. The van der Waals surface area contributed by atoms with E-state index in [-0.39, 0.29) is 6.54 Å². The summed E-state index contributed by atoms with van der Waals surface area (Å²) in [4.78, 5) is 9.52. The fourth-order valence-electron chi connectivity index (χ4n) is 1.22. The van der Waals surface area contributed by atoms with Crippen molar-refractivity contribution in [3.05, 3.63) is 29.8 Å². The molecule has 0 heterocycles. The maximum Gasteiger partial charge on any atom is 0.304 e. The van der Waals surface area contributed by atoms with Crippen molar-refractivity contribution in [3.8, 4) is 0 Å². The Morgan fingerprint density at radius 2 is 2.00 bits per heavy atom. The minimum absolute atomic E-state index is 0.326. The first-order valence-corrected chi connectivity index (χ1v) is 6.32. The molecule has 100 valence electrons. The number of carbonyl (C=O) groups is 1. The first kappa shape index (κ1) is 14.5. The molecule has 1 aromatic carbocycles. The minimum Gasteiger partial charge on any atom is -0.481 e. The first-order chi connectivity index (χ1) is 8.25. The van der Waals surface area contributed by atoms with Gasteiger partial charge in [0.2, 0.25) is 10.0 Å². The minimum atomic E-state index is -4.23. The van der Waals surface area contributed by atoms with Gasteiger partial charge in [0.15, 0.2) is 0 Å². The van der Waals surface area contributed by atoms with E-state index in [9.17, 15) is 22.0 Å². The molecule has 0 fully saturated rings. The summed E-state index contributed by atoms with van der Waals surface area (Å²) in [7, 11) is -3.13. The fourth-order valence-corrected chi connectivity index (χ4v) is 2.46. The van der Waals surface area contributed by atoms with Gasteiger partial charge in [-0.25, -0.2) is 21.5 Å². The maximum atomic E-state index is 13.3. The maximum absolute atomic E-state index is 13.3. The number of carboxylic acid groups (broad SMARTS) is 1. The summed E-state index contributed by atoms with van der Waals surface area (Å²) < 4.78 is 50.6. The van der Waals surface area contributed by atoms with Crippen molar-refractivity contribution in [3.63, 3.8) is 0 Å². The van der Waals surface area contributed by atoms with Crippen LogP contribution >= 0.6 is 0 Å². The van der Waals surface area contributed by atoms with Crippen molar-refractivity contribution >= 4 is 16.0 Å². The third kappa shape index (κ3) is 3.23. The van der Waals surface area contributed by atoms with Gasteiger partial charge in [-0.2, -0.15) is 0 Å². The van der Waals surface area contributed by atoms with Crippen LogP contribution < -0.4 is 0 Å². The highest BCUT2D eigenvalue weighted by molar-refractivity contribution is 7.89. The molecule has 0 aliphatic carbocycles. The smallest absolute Gasteiger partial charge is 0.304 e. The highest BCUT2D eigenvalue weighted by Gasteiger charge is 2.25. The highest BCUT2D eigenvalue weighted by atomic mass is 32.2. The molecule has 0 spiro atoms. The van der Waals surface area contributed by atoms with Crippen molar-refractivity contribution < 1.29 is 27.1 Å². The molecular formula is C10H11F2NO4S. The van der Waals surface area contributed by atoms with Crippen LogP contribution in [0.4, 0.5) is 8.78 Å². The molecule has 0 aliphatic rings. The second kappa shape index (κ2) is 5.40. The lowest BCUT2D eigenvalue weighted by molar-refractivity contribution is -0.137. The van der Waals surface area contributed by atoms with Crippen LogP contribution in [0.3, 0.4) is 0 Å². The van der Waals surface area contributed by atoms with Crippen LogP contribution in [0.1, 0.15) is 6.42 Å². The Hall–Kier alpha value is -1.54. The molecule has 0 radical (unpaired) electrons. The van der Waals surface area contributed by atoms with E-state index in [0.717, 1.165) is 13.1 Å². The van der Waals surface area contributed by atoms with Crippen molar-refractivity contribution in [1.29, 1.82) is 0 Å². The Balaban J connectivity index is 3.05. The predicted octanol–water partition coefficient (Wildman–Crippen LogP) is 1.06. The number of hydrogen-bond acceptors (Lipinski definition) is 3. The highest BCUT2D eigenvalue weighted by Crippen LogP contribution is 2.19. The van der Waals surface area contributed by atoms with Crippen molar-refractivity contribution in [2.24, 2.45) is 0 Å². The summed E-state index contributed by atoms with van der Waals surface area (Å²) in [5.41, 5.74) is 0. The van der Waals surface area contributed by atoms with Gasteiger partial charge in [-0.3, -0.25) is 4.79 Å². The summed E-state index contributed by atoms with van der Waals surface area (Å²) in [6, 6.07) is 2.06. The van der Waals surface area contributed by atoms with Gasteiger partial charge in [-0.05, 0) is 18.2 Å². The van der Waals surface area contributed by atoms with E-state index in [0.29, 0.717) is 16.4 Å². The standard InChI is InChI=1S/C10H11F2NO4S/c1-13(5-4-10(14)15)18(16,17)9-6-7(11)2-3-8(9)12/h2-3,6H,4-5H2,1H3,(H,14,15). The largest absolute Gasteiger partial charge is 0.481 e. The van der Waals surface area contributed by atoms with Crippen LogP contribution in [0.15, 0.2) is 23.1 Å². The summed E-state index contributed by atoms with van der Waals surface area (Å²) >= 11 is 0. The molecule has 0 aliphatic heterocycles. The van der Waals surface area contributed by atoms with E-state index in [1.807, 2.05) is 0 Å². The van der Waals surface area contributed by atoms with Crippen LogP contribution in [0, 0.1) is 11.6 Å². The number of benzene rings is 1. The van der Waals surface area contributed by atoms with Gasteiger partial charge in [0.05, 0.1) is 6.42 Å².